The van der Waals surface area contributed by atoms with E-state index in [2.05, 4.69) is 14.8 Å². The molecule has 2 aromatic rings. The van der Waals surface area contributed by atoms with Gasteiger partial charge in [0.25, 0.3) is 11.6 Å². The van der Waals surface area contributed by atoms with Crippen molar-refractivity contribution >= 4 is 29.2 Å². The van der Waals surface area contributed by atoms with Crippen LogP contribution in [0.25, 0.3) is 0 Å². The summed E-state index contributed by atoms with van der Waals surface area (Å²) in [6, 6.07) is 10.6. The van der Waals surface area contributed by atoms with Gasteiger partial charge in [-0.3, -0.25) is 19.8 Å². The highest BCUT2D eigenvalue weighted by molar-refractivity contribution is 7.99. The number of carbonyl (C=O) groups is 1. The van der Waals surface area contributed by atoms with Crippen molar-refractivity contribution in [3.05, 3.63) is 58.3 Å². The van der Waals surface area contributed by atoms with Crippen molar-refractivity contribution < 1.29 is 14.5 Å². The van der Waals surface area contributed by atoms with Crippen LogP contribution in [0.2, 0.25) is 0 Å². The van der Waals surface area contributed by atoms with Crippen LogP contribution in [0, 0.1) is 10.1 Å². The third-order valence-corrected chi connectivity index (χ3v) is 6.75. The second-order valence-corrected chi connectivity index (χ2v) is 8.85. The van der Waals surface area contributed by atoms with E-state index >= 15 is 0 Å². The number of pyridine rings is 1. The maximum atomic E-state index is 13.0. The SMILES string of the molecule is O=C(c1ccc(SCCN2CCOCC2)c([N+](=O)[O-])c1)N1CCN(c2ccccn2)CC1. The number of piperazine rings is 1. The summed E-state index contributed by atoms with van der Waals surface area (Å²) in [5.74, 6) is 1.48. The van der Waals surface area contributed by atoms with Crippen LogP contribution in [0.5, 0.6) is 0 Å². The molecular formula is C22H27N5O4S. The van der Waals surface area contributed by atoms with Crippen molar-refractivity contribution in [2.24, 2.45) is 0 Å². The maximum absolute atomic E-state index is 13.0. The van der Waals surface area contributed by atoms with Gasteiger partial charge in [-0.15, -0.1) is 11.8 Å². The predicted octanol–water partition coefficient (Wildman–Crippen LogP) is 2.38. The Hall–Kier alpha value is -2.69. The highest BCUT2D eigenvalue weighted by Gasteiger charge is 2.25. The number of aromatic nitrogens is 1. The number of thioether (sulfide) groups is 1. The summed E-state index contributed by atoms with van der Waals surface area (Å²) < 4.78 is 5.35. The molecule has 0 aliphatic carbocycles. The Labute approximate surface area is 191 Å². The predicted molar refractivity (Wildman–Crippen MR) is 123 cm³/mol. The number of amides is 1. The van der Waals surface area contributed by atoms with E-state index in [0.29, 0.717) is 36.6 Å². The molecule has 2 aliphatic heterocycles. The Kier molecular flexibility index (Phi) is 7.56. The summed E-state index contributed by atoms with van der Waals surface area (Å²) in [5.41, 5.74) is 0.357. The topological polar surface area (TPSA) is 92.0 Å². The van der Waals surface area contributed by atoms with Crippen LogP contribution in [-0.4, -0.2) is 90.4 Å². The van der Waals surface area contributed by atoms with E-state index in [1.165, 1.54) is 17.8 Å². The molecule has 0 N–H and O–H groups in total. The third kappa shape index (κ3) is 5.56. The zero-order valence-electron chi connectivity index (χ0n) is 17.9. The molecule has 1 amide bonds. The quantitative estimate of drug-likeness (QED) is 0.356. The first kappa shape index (κ1) is 22.5. The Morgan fingerprint density at radius 1 is 1.09 bits per heavy atom. The monoisotopic (exact) mass is 457 g/mol. The van der Waals surface area contributed by atoms with Crippen LogP contribution in [0.4, 0.5) is 11.5 Å². The molecule has 0 bridgehead atoms. The standard InChI is InChI=1S/C22H27N5O4S/c28-22(26-9-7-25(8-10-26)21-3-1-2-6-23-21)18-4-5-20(19(17-18)27(29)30)32-16-13-24-11-14-31-15-12-24/h1-6,17H,7-16H2. The number of nitrogens with zero attached hydrogens (tertiary/aromatic N) is 5. The zero-order valence-corrected chi connectivity index (χ0v) is 18.7. The van der Waals surface area contributed by atoms with E-state index in [-0.39, 0.29) is 11.6 Å². The average Bonchev–Trinajstić information content (AvgIpc) is 2.85. The fraction of sp³-hybridized carbons (Fsp3) is 0.455. The third-order valence-electron chi connectivity index (χ3n) is 5.71. The first-order valence-electron chi connectivity index (χ1n) is 10.8. The summed E-state index contributed by atoms with van der Waals surface area (Å²) in [7, 11) is 0. The van der Waals surface area contributed by atoms with Crippen LogP contribution < -0.4 is 4.90 Å². The van der Waals surface area contributed by atoms with E-state index in [1.54, 1.807) is 23.2 Å². The van der Waals surface area contributed by atoms with E-state index in [4.69, 9.17) is 4.74 Å². The van der Waals surface area contributed by atoms with E-state index in [1.807, 2.05) is 18.2 Å². The lowest BCUT2D eigenvalue weighted by atomic mass is 10.1. The van der Waals surface area contributed by atoms with Gasteiger partial charge in [0, 0.05) is 69.4 Å². The van der Waals surface area contributed by atoms with Crippen LogP contribution in [-0.2, 0) is 4.74 Å². The lowest BCUT2D eigenvalue weighted by molar-refractivity contribution is -0.387. The van der Waals surface area contributed by atoms with Gasteiger partial charge in [-0.05, 0) is 24.3 Å². The van der Waals surface area contributed by atoms with Gasteiger partial charge >= 0.3 is 0 Å². The molecule has 9 nitrogen and oxygen atoms in total. The molecule has 32 heavy (non-hydrogen) atoms. The minimum atomic E-state index is -0.396. The second kappa shape index (κ2) is 10.8. The van der Waals surface area contributed by atoms with E-state index in [9.17, 15) is 14.9 Å². The normalized spacial score (nSPS) is 17.4. The summed E-state index contributed by atoms with van der Waals surface area (Å²) in [6.45, 7) is 6.58. The van der Waals surface area contributed by atoms with Crippen molar-refractivity contribution in [2.45, 2.75) is 4.90 Å². The molecule has 3 heterocycles. The van der Waals surface area contributed by atoms with Gasteiger partial charge < -0.3 is 14.5 Å². The summed E-state index contributed by atoms with van der Waals surface area (Å²) in [6.07, 6.45) is 1.76. The first-order valence-corrected chi connectivity index (χ1v) is 11.8. The number of anilines is 1. The summed E-state index contributed by atoms with van der Waals surface area (Å²) in [5, 5.41) is 11.7. The van der Waals surface area contributed by atoms with Gasteiger partial charge in [-0.2, -0.15) is 0 Å². The highest BCUT2D eigenvalue weighted by atomic mass is 32.2. The molecule has 1 aromatic heterocycles. The number of nitro groups is 1. The van der Waals surface area contributed by atoms with Gasteiger partial charge in [-0.25, -0.2) is 4.98 Å². The number of nitro benzene ring substituents is 1. The number of morpholine rings is 1. The van der Waals surface area contributed by atoms with Crippen molar-refractivity contribution in [1.82, 2.24) is 14.8 Å². The van der Waals surface area contributed by atoms with E-state index in [0.717, 1.165) is 44.4 Å². The fourth-order valence-corrected chi connectivity index (χ4v) is 4.90. The van der Waals surface area contributed by atoms with Gasteiger partial charge in [0.2, 0.25) is 0 Å². The molecule has 170 valence electrons. The van der Waals surface area contributed by atoms with Crippen LogP contribution in [0.1, 0.15) is 10.4 Å². The molecule has 2 aliphatic rings. The number of rotatable bonds is 7. The minimum absolute atomic E-state index is 0.00468. The van der Waals surface area contributed by atoms with Crippen LogP contribution >= 0.6 is 11.8 Å². The molecule has 1 aromatic carbocycles. The van der Waals surface area contributed by atoms with Crippen LogP contribution in [0.15, 0.2) is 47.5 Å². The number of hydrogen-bond acceptors (Lipinski definition) is 8. The van der Waals surface area contributed by atoms with E-state index < -0.39 is 4.92 Å². The van der Waals surface area contributed by atoms with Crippen molar-refractivity contribution in [3.8, 4) is 0 Å². The van der Waals surface area contributed by atoms with Gasteiger partial charge in [-0.1, -0.05) is 6.07 Å². The van der Waals surface area contributed by atoms with Gasteiger partial charge in [0.1, 0.15) is 5.82 Å². The number of ether oxygens (including phenoxy) is 1. The Balaban J connectivity index is 1.36. The molecule has 0 saturated carbocycles. The molecule has 4 rings (SSSR count). The number of benzene rings is 1. The highest BCUT2D eigenvalue weighted by Crippen LogP contribution is 2.31. The summed E-state index contributed by atoms with van der Waals surface area (Å²) >= 11 is 1.46. The number of carbonyl (C=O) groups excluding carboxylic acids is 1. The molecule has 0 unspecified atom stereocenters. The van der Waals surface area contributed by atoms with Gasteiger partial charge in [0.05, 0.1) is 23.0 Å². The van der Waals surface area contributed by atoms with Crippen molar-refractivity contribution in [1.29, 1.82) is 0 Å². The zero-order chi connectivity index (χ0) is 22.3. The molecule has 0 spiro atoms. The molecular weight excluding hydrogens is 430 g/mol. The van der Waals surface area contributed by atoms with Gasteiger partial charge in [0.15, 0.2) is 0 Å². The summed E-state index contributed by atoms with van der Waals surface area (Å²) in [4.78, 5) is 35.4. The lowest BCUT2D eigenvalue weighted by Crippen LogP contribution is -2.49. The number of hydrogen-bond donors (Lipinski definition) is 0. The maximum Gasteiger partial charge on any atom is 0.283 e. The molecule has 0 atom stereocenters. The largest absolute Gasteiger partial charge is 0.379 e. The Morgan fingerprint density at radius 3 is 2.56 bits per heavy atom. The van der Waals surface area contributed by atoms with Crippen molar-refractivity contribution in [3.63, 3.8) is 0 Å². The Bertz CT molecular complexity index is 931. The molecule has 10 heteroatoms. The van der Waals surface area contributed by atoms with Crippen molar-refractivity contribution in [2.75, 3.05) is 69.7 Å². The molecule has 2 saturated heterocycles. The average molecular weight is 458 g/mol. The minimum Gasteiger partial charge on any atom is -0.379 e. The lowest BCUT2D eigenvalue weighted by Gasteiger charge is -2.35. The van der Waals surface area contributed by atoms with Crippen LogP contribution in [0.3, 0.4) is 0 Å². The second-order valence-electron chi connectivity index (χ2n) is 7.71. The first-order chi connectivity index (χ1) is 15.6. The molecule has 0 radical (unpaired) electrons. The smallest absolute Gasteiger partial charge is 0.283 e. The molecule has 2 fully saturated rings. The Morgan fingerprint density at radius 2 is 1.88 bits per heavy atom. The fourth-order valence-electron chi connectivity index (χ4n) is 3.89.